The molecule has 1 atom stereocenters. The van der Waals surface area contributed by atoms with Crippen LogP contribution in [-0.4, -0.2) is 18.0 Å². The van der Waals surface area contributed by atoms with Gasteiger partial charge in [0.25, 0.3) is 0 Å². The van der Waals surface area contributed by atoms with E-state index in [2.05, 4.69) is 0 Å². The number of nitrogens with zero attached hydrogens (tertiary/aromatic N) is 1. The highest BCUT2D eigenvalue weighted by atomic mass is 16.2. The van der Waals surface area contributed by atoms with Crippen molar-refractivity contribution in [3.05, 3.63) is 35.9 Å². The first kappa shape index (κ1) is 11.2. The second-order valence-electron chi connectivity index (χ2n) is 3.82. The second kappa shape index (κ2) is 4.29. The van der Waals surface area contributed by atoms with Gasteiger partial charge in [-0.3, -0.25) is 9.69 Å². The number of para-hydroxylation sites is 1. The average molecular weight is 231 g/mol. The Morgan fingerprint density at radius 1 is 1.24 bits per heavy atom. The van der Waals surface area contributed by atoms with E-state index >= 15 is 0 Å². The molecule has 17 heavy (non-hydrogen) atoms. The maximum absolute atomic E-state index is 11.5. The summed E-state index contributed by atoms with van der Waals surface area (Å²) in [5.74, 6) is -0.565. The monoisotopic (exact) mass is 231 g/mol. The Hall–Kier alpha value is -2.30. The van der Waals surface area contributed by atoms with Crippen LogP contribution in [0.15, 0.2) is 30.3 Å². The molecule has 1 heterocycles. The van der Waals surface area contributed by atoms with Crippen molar-refractivity contribution in [3.8, 4) is 0 Å². The number of benzene rings is 1. The second-order valence-corrected chi connectivity index (χ2v) is 3.82. The predicted octanol–water partition coefficient (Wildman–Crippen LogP) is 0.843. The van der Waals surface area contributed by atoms with Crippen LogP contribution in [0.4, 0.5) is 10.5 Å². The first-order valence-electron chi connectivity index (χ1n) is 5.25. The molecule has 1 aromatic rings. The van der Waals surface area contributed by atoms with E-state index in [0.717, 1.165) is 5.56 Å². The molecule has 0 fully saturated rings. The van der Waals surface area contributed by atoms with E-state index in [-0.39, 0.29) is 0 Å². The largest absolute Gasteiger partial charge is 0.368 e. The maximum Gasteiger partial charge on any atom is 0.320 e. The van der Waals surface area contributed by atoms with E-state index in [1.165, 1.54) is 4.90 Å². The van der Waals surface area contributed by atoms with E-state index < -0.39 is 18.0 Å². The SMILES string of the molecule is NC(=O)C1CC=Cc2ccccc2N1C(N)=O. The number of carbonyl (C=O) groups is 2. The fourth-order valence-corrected chi connectivity index (χ4v) is 1.96. The van der Waals surface area contributed by atoms with Crippen molar-refractivity contribution in [2.75, 3.05) is 4.90 Å². The third-order valence-electron chi connectivity index (χ3n) is 2.73. The van der Waals surface area contributed by atoms with Gasteiger partial charge in [-0.05, 0) is 18.1 Å². The highest BCUT2D eigenvalue weighted by Crippen LogP contribution is 2.27. The van der Waals surface area contributed by atoms with Gasteiger partial charge in [-0.2, -0.15) is 0 Å². The standard InChI is InChI=1S/C12H13N3O2/c13-11(16)10-7-3-5-8-4-1-2-6-9(8)15(10)12(14)17/h1-6,10H,7H2,(H2,13,16)(H2,14,17). The third-order valence-corrected chi connectivity index (χ3v) is 2.73. The summed E-state index contributed by atoms with van der Waals surface area (Å²) in [6, 6.07) is 5.83. The van der Waals surface area contributed by atoms with Gasteiger partial charge in [0.2, 0.25) is 5.91 Å². The van der Waals surface area contributed by atoms with Crippen LogP contribution in [0.2, 0.25) is 0 Å². The quantitative estimate of drug-likeness (QED) is 0.750. The van der Waals surface area contributed by atoms with Crippen molar-refractivity contribution in [1.82, 2.24) is 0 Å². The summed E-state index contributed by atoms with van der Waals surface area (Å²) in [6.45, 7) is 0. The van der Waals surface area contributed by atoms with Crippen LogP contribution >= 0.6 is 0 Å². The fraction of sp³-hybridized carbons (Fsp3) is 0.167. The molecule has 5 heteroatoms. The first-order valence-corrected chi connectivity index (χ1v) is 5.25. The molecule has 0 aromatic heterocycles. The van der Waals surface area contributed by atoms with Gasteiger partial charge in [0.1, 0.15) is 6.04 Å². The molecule has 2 rings (SSSR count). The minimum absolute atomic E-state index is 0.368. The molecule has 1 aliphatic heterocycles. The maximum atomic E-state index is 11.5. The number of carbonyl (C=O) groups excluding carboxylic acids is 2. The number of primary amides is 2. The highest BCUT2D eigenvalue weighted by Gasteiger charge is 2.29. The molecule has 1 aromatic carbocycles. The fourth-order valence-electron chi connectivity index (χ4n) is 1.96. The molecule has 0 saturated heterocycles. The number of amides is 3. The smallest absolute Gasteiger partial charge is 0.320 e. The number of rotatable bonds is 1. The number of nitrogens with two attached hydrogens (primary N) is 2. The summed E-state index contributed by atoms with van der Waals surface area (Å²) in [6.07, 6.45) is 4.04. The zero-order valence-electron chi connectivity index (χ0n) is 9.17. The summed E-state index contributed by atoms with van der Waals surface area (Å²) >= 11 is 0. The van der Waals surface area contributed by atoms with Crippen LogP contribution in [-0.2, 0) is 4.79 Å². The van der Waals surface area contributed by atoms with Crippen LogP contribution in [0, 0.1) is 0 Å². The van der Waals surface area contributed by atoms with Gasteiger partial charge in [0.05, 0.1) is 5.69 Å². The summed E-state index contributed by atoms with van der Waals surface area (Å²) in [7, 11) is 0. The number of fused-ring (bicyclic) bond motifs is 1. The van der Waals surface area contributed by atoms with E-state index in [0.29, 0.717) is 12.1 Å². The molecular formula is C12H13N3O2. The first-order chi connectivity index (χ1) is 8.11. The Kier molecular flexibility index (Phi) is 2.82. The summed E-state index contributed by atoms with van der Waals surface area (Å²) in [5, 5.41) is 0. The Morgan fingerprint density at radius 2 is 1.94 bits per heavy atom. The van der Waals surface area contributed by atoms with Gasteiger partial charge in [-0.25, -0.2) is 4.79 Å². The lowest BCUT2D eigenvalue weighted by molar-refractivity contribution is -0.119. The number of urea groups is 1. The zero-order chi connectivity index (χ0) is 12.4. The van der Waals surface area contributed by atoms with Gasteiger partial charge >= 0.3 is 6.03 Å². The zero-order valence-corrected chi connectivity index (χ0v) is 9.17. The predicted molar refractivity (Wildman–Crippen MR) is 65.1 cm³/mol. The summed E-state index contributed by atoms with van der Waals surface area (Å²) in [5.41, 5.74) is 12.1. The van der Waals surface area contributed by atoms with Crippen molar-refractivity contribution < 1.29 is 9.59 Å². The molecular weight excluding hydrogens is 218 g/mol. The molecule has 3 amide bonds. The number of hydrogen-bond acceptors (Lipinski definition) is 2. The van der Waals surface area contributed by atoms with Crippen LogP contribution < -0.4 is 16.4 Å². The normalized spacial score (nSPS) is 18.4. The van der Waals surface area contributed by atoms with Crippen LogP contribution in [0.5, 0.6) is 0 Å². The van der Waals surface area contributed by atoms with E-state index in [1.54, 1.807) is 12.1 Å². The Labute approximate surface area is 98.7 Å². The number of anilines is 1. The topological polar surface area (TPSA) is 89.4 Å². The minimum atomic E-state index is -0.729. The van der Waals surface area contributed by atoms with Gasteiger partial charge in [0, 0.05) is 0 Å². The molecule has 0 radical (unpaired) electrons. The Morgan fingerprint density at radius 3 is 2.59 bits per heavy atom. The van der Waals surface area contributed by atoms with Crippen molar-refractivity contribution in [2.45, 2.75) is 12.5 Å². The lowest BCUT2D eigenvalue weighted by atomic mass is 10.1. The van der Waals surface area contributed by atoms with Crippen LogP contribution in [0.3, 0.4) is 0 Å². The van der Waals surface area contributed by atoms with Gasteiger partial charge in [-0.15, -0.1) is 0 Å². The van der Waals surface area contributed by atoms with E-state index in [1.807, 2.05) is 24.3 Å². The van der Waals surface area contributed by atoms with Gasteiger partial charge < -0.3 is 11.5 Å². The van der Waals surface area contributed by atoms with Gasteiger partial charge in [0.15, 0.2) is 0 Å². The Bertz CT molecular complexity index is 496. The minimum Gasteiger partial charge on any atom is -0.368 e. The van der Waals surface area contributed by atoms with Crippen LogP contribution in [0.1, 0.15) is 12.0 Å². The van der Waals surface area contributed by atoms with E-state index in [4.69, 9.17) is 11.5 Å². The molecule has 88 valence electrons. The summed E-state index contributed by atoms with van der Waals surface area (Å²) < 4.78 is 0. The van der Waals surface area contributed by atoms with Gasteiger partial charge in [-0.1, -0.05) is 30.4 Å². The highest BCUT2D eigenvalue weighted by molar-refractivity contribution is 6.01. The molecule has 1 unspecified atom stereocenters. The molecule has 1 aliphatic rings. The molecule has 5 nitrogen and oxygen atoms in total. The average Bonchev–Trinajstić information content (AvgIpc) is 2.47. The lowest BCUT2D eigenvalue weighted by Gasteiger charge is -2.27. The van der Waals surface area contributed by atoms with Crippen molar-refractivity contribution >= 4 is 23.7 Å². The lowest BCUT2D eigenvalue weighted by Crippen LogP contribution is -2.50. The molecule has 0 bridgehead atoms. The molecule has 0 aliphatic carbocycles. The third kappa shape index (κ3) is 1.99. The van der Waals surface area contributed by atoms with Crippen molar-refractivity contribution in [1.29, 1.82) is 0 Å². The van der Waals surface area contributed by atoms with E-state index in [9.17, 15) is 9.59 Å². The van der Waals surface area contributed by atoms with Crippen molar-refractivity contribution in [3.63, 3.8) is 0 Å². The number of hydrogen-bond donors (Lipinski definition) is 2. The van der Waals surface area contributed by atoms with Crippen molar-refractivity contribution in [2.24, 2.45) is 11.5 Å². The summed E-state index contributed by atoms with van der Waals surface area (Å²) in [4.78, 5) is 24.1. The molecule has 0 saturated carbocycles. The Balaban J connectivity index is 2.55. The molecule has 0 spiro atoms. The molecule has 4 N–H and O–H groups in total. The van der Waals surface area contributed by atoms with Crippen LogP contribution in [0.25, 0.3) is 6.08 Å².